The Labute approximate surface area is 430 Å². The summed E-state index contributed by atoms with van der Waals surface area (Å²) in [5, 5.41) is 17.2. The summed E-state index contributed by atoms with van der Waals surface area (Å²) in [4.78, 5) is 43.1. The second kappa shape index (κ2) is 18.4. The molecular weight excluding hydrogens is 963 g/mol. The van der Waals surface area contributed by atoms with Crippen molar-refractivity contribution in [1.29, 1.82) is 0 Å². The van der Waals surface area contributed by atoms with E-state index in [9.17, 15) is 14.9 Å². The molecule has 1 aliphatic carbocycles. The Morgan fingerprint density at radius 3 is 2.59 bits per heavy atom. The molecule has 1 saturated carbocycles. The number of aromatic nitrogens is 2. The molecule has 13 rings (SSSR count). The van der Waals surface area contributed by atoms with Crippen LogP contribution in [0.25, 0.3) is 11.0 Å². The number of sulfone groups is 1. The molecule has 7 aliphatic heterocycles. The Morgan fingerprint density at radius 2 is 1.82 bits per heavy atom. The lowest BCUT2D eigenvalue weighted by Crippen LogP contribution is -2.55. The molecule has 0 unspecified atom stereocenters. The van der Waals surface area contributed by atoms with Gasteiger partial charge in [0.05, 0.1) is 58.7 Å². The Morgan fingerprint density at radius 1 is 0.986 bits per heavy atom. The Balaban J connectivity index is 0.887. The molecule has 74 heavy (non-hydrogen) atoms. The molecule has 6 fully saturated rings. The van der Waals surface area contributed by atoms with Crippen molar-refractivity contribution < 1.29 is 37.1 Å². The Bertz CT molecular complexity index is 3150. The number of carbonyl (C=O) groups is 1. The van der Waals surface area contributed by atoms with E-state index >= 15 is 8.42 Å². The van der Waals surface area contributed by atoms with E-state index in [1.165, 1.54) is 23.6 Å². The third-order valence-electron chi connectivity index (χ3n) is 17.8. The number of carbonyl (C=O) groups excluding carboxylic acids is 1. The van der Waals surface area contributed by atoms with Crippen molar-refractivity contribution in [3.8, 4) is 11.6 Å². The van der Waals surface area contributed by atoms with Crippen molar-refractivity contribution in [1.82, 2.24) is 19.8 Å². The largest absolute Gasteiger partial charge is 0.489 e. The molecule has 4 N–H and O–H groups in total. The van der Waals surface area contributed by atoms with Crippen LogP contribution in [0.2, 0.25) is 0 Å². The standard InChI is InChI=1S/C55H65N9O9S/c1-32(2)40-6-3-4-7-41(40)43-8-5-16-62(43)37-24-55(25-37)13-17-60(18-14-55)44-10-9-42(52(56)65)50(63-26-34-29-70-19-12-47(34)73-54-46(63)20-33-11-15-57-53(33)59-54)51(44)74(68,69)39-22-45(64(66)67)49-48(23-39)72-30-35(58-49)27-61-28-38-21-36(61)31-71-38/h3-4,6-7,9-11,15,20,22-23,32,34-38,43,47,58H,5,8,12-14,16-19,21,24-31H2,1-2H3,(H2,56,65)(H,57,59)/t34-,35-,36+,38+,43-,47+/m0/s1. The average molecular weight is 1030 g/mol. The molecule has 18 nitrogen and oxygen atoms in total. The number of likely N-dealkylation sites (tertiary alicyclic amines) is 2. The fraction of sp³-hybridized carbons (Fsp3) is 0.527. The first-order chi connectivity index (χ1) is 35.8. The average Bonchev–Trinajstić information content (AvgIpc) is 4.23. The quantitative estimate of drug-likeness (QED) is 0.0855. The number of aromatic amines is 1. The molecule has 6 atom stereocenters. The summed E-state index contributed by atoms with van der Waals surface area (Å²) in [5.74, 6) is -0.299. The van der Waals surface area contributed by atoms with Crippen LogP contribution in [-0.2, 0) is 19.3 Å². The highest BCUT2D eigenvalue weighted by Gasteiger charge is 2.51. The first-order valence-electron chi connectivity index (χ1n) is 26.7. The molecule has 390 valence electrons. The Hall–Kier alpha value is -5.99. The van der Waals surface area contributed by atoms with Crippen LogP contribution < -0.4 is 30.3 Å². The van der Waals surface area contributed by atoms with Gasteiger partial charge in [0.2, 0.25) is 15.7 Å². The van der Waals surface area contributed by atoms with E-state index in [4.69, 9.17) is 29.7 Å². The third-order valence-corrected chi connectivity index (χ3v) is 19.6. The number of anilines is 4. The molecule has 2 bridgehead atoms. The lowest BCUT2D eigenvalue weighted by molar-refractivity contribution is -0.384. The van der Waals surface area contributed by atoms with Crippen molar-refractivity contribution in [2.75, 3.05) is 80.8 Å². The number of rotatable bonds is 11. The number of primary amides is 1. The van der Waals surface area contributed by atoms with Gasteiger partial charge >= 0.3 is 0 Å². The van der Waals surface area contributed by atoms with Crippen molar-refractivity contribution >= 4 is 55.2 Å². The molecule has 0 radical (unpaired) electrons. The van der Waals surface area contributed by atoms with Gasteiger partial charge < -0.3 is 44.8 Å². The van der Waals surface area contributed by atoms with E-state index in [1.807, 2.05) is 17.0 Å². The highest BCUT2D eigenvalue weighted by molar-refractivity contribution is 7.91. The van der Waals surface area contributed by atoms with Crippen LogP contribution in [0.3, 0.4) is 0 Å². The number of hydrogen-bond donors (Lipinski definition) is 3. The lowest BCUT2D eigenvalue weighted by atomic mass is 9.59. The second-order valence-electron chi connectivity index (χ2n) is 22.5. The van der Waals surface area contributed by atoms with Gasteiger partial charge in [-0.05, 0) is 98.2 Å². The SMILES string of the molecule is CC(C)c1ccccc1[C@@H]1CCCN1C1CC2(CCN(c3ccc(C(N)=O)c(N4C[C@H]5COCC[C@H]5Oc5nc6[nH]ccc6cc54)c3S(=O)(=O)c3cc4c(c([N+](=O)[O-])c3)N[C@@H](CN3C[C@H]5C[C@@H]3CO5)CO4)CC2)C1. The van der Waals surface area contributed by atoms with E-state index in [2.05, 4.69) is 63.1 Å². The van der Waals surface area contributed by atoms with Crippen LogP contribution in [0.5, 0.6) is 11.6 Å². The molecule has 19 heteroatoms. The molecule has 1 spiro atoms. The van der Waals surface area contributed by atoms with E-state index in [-0.39, 0.29) is 87.1 Å². The smallest absolute Gasteiger partial charge is 0.297 e. The highest BCUT2D eigenvalue weighted by atomic mass is 32.2. The number of pyridine rings is 1. The van der Waals surface area contributed by atoms with Gasteiger partial charge in [-0.1, -0.05) is 38.1 Å². The highest BCUT2D eigenvalue weighted by Crippen LogP contribution is 2.56. The summed E-state index contributed by atoms with van der Waals surface area (Å²) >= 11 is 0. The number of amides is 1. The number of piperidine rings is 1. The van der Waals surface area contributed by atoms with E-state index in [1.54, 1.807) is 18.3 Å². The van der Waals surface area contributed by atoms with E-state index < -0.39 is 26.4 Å². The van der Waals surface area contributed by atoms with Gasteiger partial charge in [-0.15, -0.1) is 0 Å². The first kappa shape index (κ1) is 47.7. The van der Waals surface area contributed by atoms with Gasteiger partial charge in [-0.3, -0.25) is 24.7 Å². The van der Waals surface area contributed by atoms with Crippen LogP contribution in [0, 0.1) is 21.4 Å². The molecule has 9 heterocycles. The third kappa shape index (κ3) is 8.15. The Kier molecular flexibility index (Phi) is 11.9. The fourth-order valence-electron chi connectivity index (χ4n) is 14.0. The van der Waals surface area contributed by atoms with Crippen molar-refractivity contribution in [2.45, 2.75) is 117 Å². The van der Waals surface area contributed by atoms with Gasteiger partial charge in [-0.2, -0.15) is 4.98 Å². The number of fused-ring (bicyclic) bond motifs is 6. The number of nitrogens with zero attached hydrogens (tertiary/aromatic N) is 6. The number of ether oxygens (including phenoxy) is 4. The predicted molar refractivity (Wildman–Crippen MR) is 279 cm³/mol. The summed E-state index contributed by atoms with van der Waals surface area (Å²) in [6.07, 6.45) is 9.37. The molecule has 5 aromatic rings. The van der Waals surface area contributed by atoms with Crippen LogP contribution >= 0.6 is 0 Å². The summed E-state index contributed by atoms with van der Waals surface area (Å²) in [6.45, 7) is 9.98. The topological polar surface area (TPSA) is 211 Å². The first-order valence-corrected chi connectivity index (χ1v) is 28.2. The summed E-state index contributed by atoms with van der Waals surface area (Å²) in [6, 6.07) is 19.4. The molecule has 8 aliphatic rings. The number of nitro benzene ring substituents is 1. The maximum absolute atomic E-state index is 16.2. The molecular formula is C55H65N9O9S. The minimum absolute atomic E-state index is 0.0219. The van der Waals surface area contributed by atoms with Gasteiger partial charge in [0.15, 0.2) is 11.4 Å². The van der Waals surface area contributed by atoms with Crippen LogP contribution in [0.4, 0.5) is 28.4 Å². The van der Waals surface area contributed by atoms with Gasteiger partial charge in [0.25, 0.3) is 11.6 Å². The fourth-order valence-corrected chi connectivity index (χ4v) is 15.8. The van der Waals surface area contributed by atoms with E-state index in [0.29, 0.717) is 80.9 Å². The normalized spacial score (nSPS) is 26.7. The number of nitrogens with one attached hydrogen (secondary N) is 2. The van der Waals surface area contributed by atoms with Crippen LogP contribution in [0.15, 0.2) is 76.7 Å². The maximum Gasteiger partial charge on any atom is 0.297 e. The minimum Gasteiger partial charge on any atom is -0.489 e. The maximum atomic E-state index is 16.2. The summed E-state index contributed by atoms with van der Waals surface area (Å²) in [7, 11) is -4.77. The molecule has 5 saturated heterocycles. The number of nitro groups is 1. The minimum atomic E-state index is -4.77. The van der Waals surface area contributed by atoms with Gasteiger partial charge in [0.1, 0.15) is 28.9 Å². The van der Waals surface area contributed by atoms with Gasteiger partial charge in [0, 0.05) is 86.9 Å². The zero-order valence-electron chi connectivity index (χ0n) is 42.0. The lowest BCUT2D eigenvalue weighted by Gasteiger charge is -2.56. The predicted octanol–water partition coefficient (Wildman–Crippen LogP) is 7.69. The molecule has 2 aromatic heterocycles. The number of benzene rings is 3. The number of morpholine rings is 1. The molecule has 1 amide bonds. The zero-order valence-corrected chi connectivity index (χ0v) is 42.9. The van der Waals surface area contributed by atoms with Crippen molar-refractivity contribution in [2.24, 2.45) is 17.1 Å². The zero-order chi connectivity index (χ0) is 50.6. The number of hydrogen-bond acceptors (Lipinski definition) is 15. The monoisotopic (exact) mass is 1030 g/mol. The summed E-state index contributed by atoms with van der Waals surface area (Å²) < 4.78 is 57.3. The van der Waals surface area contributed by atoms with Crippen LogP contribution in [0.1, 0.15) is 98.7 Å². The number of nitrogens with two attached hydrogens (primary N) is 1. The number of H-pyrrole nitrogens is 1. The van der Waals surface area contributed by atoms with Crippen molar-refractivity contribution in [3.05, 3.63) is 93.7 Å². The summed E-state index contributed by atoms with van der Waals surface area (Å²) in [5.41, 5.74) is 10.5. The second-order valence-corrected chi connectivity index (χ2v) is 24.4. The van der Waals surface area contributed by atoms with E-state index in [0.717, 1.165) is 63.1 Å². The van der Waals surface area contributed by atoms with Crippen molar-refractivity contribution in [3.63, 3.8) is 0 Å². The van der Waals surface area contributed by atoms with Crippen LogP contribution in [-0.4, -0.2) is 135 Å². The molecule has 3 aromatic carbocycles. The van der Waals surface area contributed by atoms with Gasteiger partial charge in [-0.25, -0.2) is 8.42 Å².